The van der Waals surface area contributed by atoms with Gasteiger partial charge in [-0.25, -0.2) is 8.42 Å². The molecule has 1 unspecified atom stereocenters. The lowest BCUT2D eigenvalue weighted by Crippen LogP contribution is -2.38. The molecule has 162 valence electrons. The SMILES string of the molecule is CC(NCC(=O)Nc1ccc(S(=O)(=O)N(C)C2CCCCC2)cc1)c1cccnc1. The molecule has 0 saturated heterocycles. The molecular weight excluding hydrogens is 400 g/mol. The molecule has 1 aliphatic carbocycles. The predicted molar refractivity (Wildman–Crippen MR) is 118 cm³/mol. The summed E-state index contributed by atoms with van der Waals surface area (Å²) in [6.07, 6.45) is 8.61. The second-order valence-electron chi connectivity index (χ2n) is 7.77. The summed E-state index contributed by atoms with van der Waals surface area (Å²) < 4.78 is 27.3. The van der Waals surface area contributed by atoms with Gasteiger partial charge in [0.1, 0.15) is 0 Å². The number of nitrogens with one attached hydrogen (secondary N) is 2. The van der Waals surface area contributed by atoms with Crippen molar-refractivity contribution in [1.82, 2.24) is 14.6 Å². The van der Waals surface area contributed by atoms with Crippen LogP contribution in [0.5, 0.6) is 0 Å². The number of benzene rings is 1. The molecular formula is C22H30N4O3S. The summed E-state index contributed by atoms with van der Waals surface area (Å²) in [7, 11) is -1.87. The Bertz CT molecular complexity index is 927. The molecule has 2 aromatic rings. The van der Waals surface area contributed by atoms with Crippen LogP contribution in [-0.4, -0.2) is 43.2 Å². The number of pyridine rings is 1. The van der Waals surface area contributed by atoms with Crippen LogP contribution >= 0.6 is 0 Å². The van der Waals surface area contributed by atoms with Crippen molar-refractivity contribution in [2.45, 2.75) is 56.0 Å². The first-order chi connectivity index (χ1) is 14.4. The summed E-state index contributed by atoms with van der Waals surface area (Å²) >= 11 is 0. The predicted octanol–water partition coefficient (Wildman–Crippen LogP) is 3.32. The van der Waals surface area contributed by atoms with Crippen LogP contribution in [-0.2, 0) is 14.8 Å². The lowest BCUT2D eigenvalue weighted by atomic mass is 9.96. The van der Waals surface area contributed by atoms with Crippen molar-refractivity contribution >= 4 is 21.6 Å². The van der Waals surface area contributed by atoms with E-state index in [1.54, 1.807) is 43.7 Å². The van der Waals surface area contributed by atoms with Crippen molar-refractivity contribution in [1.29, 1.82) is 0 Å². The zero-order valence-electron chi connectivity index (χ0n) is 17.5. The number of carbonyl (C=O) groups excluding carboxylic acids is 1. The van der Waals surface area contributed by atoms with Gasteiger partial charge in [-0.15, -0.1) is 0 Å². The fourth-order valence-corrected chi connectivity index (χ4v) is 5.13. The zero-order chi connectivity index (χ0) is 21.6. The van der Waals surface area contributed by atoms with E-state index in [1.807, 2.05) is 19.1 Å². The number of aromatic nitrogens is 1. The van der Waals surface area contributed by atoms with E-state index in [9.17, 15) is 13.2 Å². The molecule has 30 heavy (non-hydrogen) atoms. The normalized spacial score (nSPS) is 16.4. The van der Waals surface area contributed by atoms with Gasteiger partial charge >= 0.3 is 0 Å². The number of rotatable bonds is 8. The molecule has 1 aromatic carbocycles. The van der Waals surface area contributed by atoms with Crippen molar-refractivity contribution < 1.29 is 13.2 Å². The molecule has 1 aromatic heterocycles. The van der Waals surface area contributed by atoms with Gasteiger partial charge in [-0.1, -0.05) is 25.3 Å². The van der Waals surface area contributed by atoms with Crippen LogP contribution in [0.25, 0.3) is 0 Å². The Kier molecular flexibility index (Phi) is 7.58. The van der Waals surface area contributed by atoms with Gasteiger partial charge in [0.25, 0.3) is 0 Å². The van der Waals surface area contributed by atoms with E-state index in [0.29, 0.717) is 5.69 Å². The van der Waals surface area contributed by atoms with Gasteiger partial charge in [-0.3, -0.25) is 9.78 Å². The van der Waals surface area contributed by atoms with Crippen molar-refractivity contribution in [3.05, 3.63) is 54.4 Å². The van der Waals surface area contributed by atoms with Gasteiger partial charge < -0.3 is 10.6 Å². The van der Waals surface area contributed by atoms with E-state index in [-0.39, 0.29) is 29.4 Å². The molecule has 0 bridgehead atoms. The van der Waals surface area contributed by atoms with E-state index in [2.05, 4.69) is 15.6 Å². The molecule has 1 fully saturated rings. The molecule has 8 heteroatoms. The monoisotopic (exact) mass is 430 g/mol. The van der Waals surface area contributed by atoms with E-state index < -0.39 is 10.0 Å². The molecule has 1 saturated carbocycles. The lowest BCUT2D eigenvalue weighted by Gasteiger charge is -2.30. The molecule has 2 N–H and O–H groups in total. The highest BCUT2D eigenvalue weighted by atomic mass is 32.2. The fraction of sp³-hybridized carbons (Fsp3) is 0.455. The number of amides is 1. The Balaban J connectivity index is 1.55. The fourth-order valence-electron chi connectivity index (χ4n) is 3.72. The smallest absolute Gasteiger partial charge is 0.243 e. The van der Waals surface area contributed by atoms with Crippen molar-refractivity contribution in [2.24, 2.45) is 0 Å². The standard InChI is InChI=1S/C22H30N4O3S/c1-17(18-7-6-14-23-15-18)24-16-22(27)25-19-10-12-21(13-11-19)30(28,29)26(2)20-8-4-3-5-9-20/h6-7,10-15,17,20,24H,3-5,8-9,16H2,1-2H3,(H,25,27). The minimum Gasteiger partial charge on any atom is -0.325 e. The first-order valence-corrected chi connectivity index (χ1v) is 11.8. The molecule has 7 nitrogen and oxygen atoms in total. The maximum absolute atomic E-state index is 12.9. The van der Waals surface area contributed by atoms with Crippen LogP contribution in [0.2, 0.25) is 0 Å². The minimum atomic E-state index is -3.53. The van der Waals surface area contributed by atoms with Crippen LogP contribution in [0, 0.1) is 0 Å². The van der Waals surface area contributed by atoms with Gasteiger partial charge in [0.2, 0.25) is 15.9 Å². The van der Waals surface area contributed by atoms with Gasteiger partial charge in [-0.2, -0.15) is 4.31 Å². The van der Waals surface area contributed by atoms with Crippen molar-refractivity contribution in [3.63, 3.8) is 0 Å². The first kappa shape index (κ1) is 22.4. The van der Waals surface area contributed by atoms with E-state index in [0.717, 1.165) is 31.2 Å². The van der Waals surface area contributed by atoms with Crippen LogP contribution in [0.4, 0.5) is 5.69 Å². The van der Waals surface area contributed by atoms with Crippen LogP contribution in [0.15, 0.2) is 53.7 Å². The summed E-state index contributed by atoms with van der Waals surface area (Å²) in [5, 5.41) is 5.95. The topological polar surface area (TPSA) is 91.4 Å². The van der Waals surface area contributed by atoms with E-state index in [4.69, 9.17) is 0 Å². The second kappa shape index (κ2) is 10.1. The van der Waals surface area contributed by atoms with E-state index in [1.165, 1.54) is 10.7 Å². The third kappa shape index (κ3) is 5.65. The third-order valence-electron chi connectivity index (χ3n) is 5.66. The first-order valence-electron chi connectivity index (χ1n) is 10.4. The summed E-state index contributed by atoms with van der Waals surface area (Å²) in [6.45, 7) is 2.10. The molecule has 1 atom stereocenters. The Morgan fingerprint density at radius 1 is 1.17 bits per heavy atom. The molecule has 3 rings (SSSR count). The Morgan fingerprint density at radius 2 is 1.87 bits per heavy atom. The lowest BCUT2D eigenvalue weighted by molar-refractivity contribution is -0.115. The second-order valence-corrected chi connectivity index (χ2v) is 9.77. The average molecular weight is 431 g/mol. The Labute approximate surface area is 178 Å². The van der Waals surface area contributed by atoms with Crippen LogP contribution < -0.4 is 10.6 Å². The zero-order valence-corrected chi connectivity index (χ0v) is 18.4. The Hall–Kier alpha value is -2.29. The minimum absolute atomic E-state index is 0.00714. The number of hydrogen-bond acceptors (Lipinski definition) is 5. The number of carbonyl (C=O) groups is 1. The summed E-state index contributed by atoms with van der Waals surface area (Å²) in [4.78, 5) is 16.6. The largest absolute Gasteiger partial charge is 0.325 e. The summed E-state index contributed by atoms with van der Waals surface area (Å²) in [5.41, 5.74) is 1.57. The highest BCUT2D eigenvalue weighted by molar-refractivity contribution is 7.89. The highest BCUT2D eigenvalue weighted by Gasteiger charge is 2.28. The number of hydrogen-bond donors (Lipinski definition) is 2. The molecule has 0 radical (unpaired) electrons. The molecule has 0 aliphatic heterocycles. The van der Waals surface area contributed by atoms with Gasteiger partial charge in [0.05, 0.1) is 11.4 Å². The molecule has 0 spiro atoms. The third-order valence-corrected chi connectivity index (χ3v) is 7.58. The summed E-state index contributed by atoms with van der Waals surface area (Å²) in [5.74, 6) is -0.194. The Morgan fingerprint density at radius 3 is 2.50 bits per heavy atom. The number of sulfonamides is 1. The molecule has 1 aliphatic rings. The van der Waals surface area contributed by atoms with Crippen LogP contribution in [0.1, 0.15) is 50.6 Å². The number of nitrogens with zero attached hydrogens (tertiary/aromatic N) is 2. The van der Waals surface area contributed by atoms with Crippen molar-refractivity contribution in [2.75, 3.05) is 18.9 Å². The number of anilines is 1. The van der Waals surface area contributed by atoms with Gasteiger partial charge in [-0.05, 0) is 55.7 Å². The van der Waals surface area contributed by atoms with Crippen molar-refractivity contribution in [3.8, 4) is 0 Å². The molecule has 1 amide bonds. The van der Waals surface area contributed by atoms with E-state index >= 15 is 0 Å². The highest BCUT2D eigenvalue weighted by Crippen LogP contribution is 2.27. The van der Waals surface area contributed by atoms with Crippen LogP contribution in [0.3, 0.4) is 0 Å². The summed E-state index contributed by atoms with van der Waals surface area (Å²) in [6, 6.07) is 10.2. The van der Waals surface area contributed by atoms with Gasteiger partial charge in [0.15, 0.2) is 0 Å². The quantitative estimate of drug-likeness (QED) is 0.670. The maximum atomic E-state index is 12.9. The molecule has 1 heterocycles. The van der Waals surface area contributed by atoms with Gasteiger partial charge in [0, 0.05) is 37.2 Å². The maximum Gasteiger partial charge on any atom is 0.243 e. The average Bonchev–Trinajstić information content (AvgIpc) is 2.78.